The van der Waals surface area contributed by atoms with Gasteiger partial charge < -0.3 is 17.4 Å². The maximum absolute atomic E-state index is 14.3. The minimum atomic E-state index is -4.47. The number of para-hydroxylation sites is 2. The number of H-pyrrole nitrogens is 1. The fraction of sp³-hybridized carbons (Fsp3) is 0.0417. The van der Waals surface area contributed by atoms with Gasteiger partial charge in [-0.3, -0.25) is 0 Å². The number of fused-ring (bicyclic) bond motifs is 2. The fourth-order valence-corrected chi connectivity index (χ4v) is 3.93. The molecule has 0 fully saturated rings. The summed E-state index contributed by atoms with van der Waals surface area (Å²) in [6.07, 6.45) is -1.25. The summed E-state index contributed by atoms with van der Waals surface area (Å²) >= 11 is 0. The van der Waals surface area contributed by atoms with Crippen molar-refractivity contribution in [3.05, 3.63) is 101 Å². The summed E-state index contributed by atoms with van der Waals surface area (Å²) in [5, 5.41) is 0.570. The molecule has 0 atom stereocenters. The second kappa shape index (κ2) is 7.91. The molecule has 2 heterocycles. The number of rotatable bonds is 2. The molecule has 32 heavy (non-hydrogen) atoms. The van der Waals surface area contributed by atoms with Gasteiger partial charge in [-0.2, -0.15) is 17.6 Å². The average Bonchev–Trinajstić information content (AvgIpc) is 3.35. The van der Waals surface area contributed by atoms with Crippen molar-refractivity contribution in [2.75, 3.05) is 0 Å². The monoisotopic (exact) mass is 460 g/mol. The molecule has 3 aromatic carbocycles. The molecule has 2 N–H and O–H groups in total. The van der Waals surface area contributed by atoms with E-state index >= 15 is 0 Å². The molecule has 0 spiro atoms. The van der Waals surface area contributed by atoms with E-state index in [1.54, 1.807) is 36.7 Å². The highest BCUT2D eigenvalue weighted by Crippen LogP contribution is 2.39. The Labute approximate surface area is 185 Å². The van der Waals surface area contributed by atoms with Crippen LogP contribution in [0.25, 0.3) is 22.0 Å². The Morgan fingerprint density at radius 3 is 2.25 bits per heavy atom. The van der Waals surface area contributed by atoms with Gasteiger partial charge in [0, 0.05) is 22.7 Å². The number of allylic oxidation sites excluding steroid dienone is 1. The zero-order valence-corrected chi connectivity index (χ0v) is 17.0. The van der Waals surface area contributed by atoms with Crippen molar-refractivity contribution in [1.29, 1.82) is 0 Å². The van der Waals surface area contributed by atoms with Gasteiger partial charge in [0.1, 0.15) is 5.82 Å². The molecule has 5 rings (SSSR count). The largest absolute Gasteiger partial charge is 1.00 e. The van der Waals surface area contributed by atoms with E-state index in [1.807, 2.05) is 0 Å². The Kier molecular flexibility index (Phi) is 5.38. The van der Waals surface area contributed by atoms with Crippen LogP contribution in [-0.4, -0.2) is 11.2 Å². The number of aromatic nitrogens is 1. The van der Waals surface area contributed by atoms with E-state index in [0.29, 0.717) is 33.2 Å². The van der Waals surface area contributed by atoms with Gasteiger partial charge in [-0.05, 0) is 35.9 Å². The van der Waals surface area contributed by atoms with Crippen LogP contribution >= 0.6 is 0 Å². The minimum absolute atomic E-state index is 0. The zero-order valence-electron chi connectivity index (χ0n) is 16.2. The number of alkyl halides is 3. The molecule has 2 nitrogen and oxygen atoms in total. The van der Waals surface area contributed by atoms with Gasteiger partial charge in [0.2, 0.25) is 5.69 Å². The highest BCUT2D eigenvalue weighted by molar-refractivity contribution is 6.24. The highest BCUT2D eigenvalue weighted by Gasteiger charge is 2.31. The molecule has 4 aromatic rings. The third kappa shape index (κ3) is 3.48. The van der Waals surface area contributed by atoms with Gasteiger partial charge in [0.05, 0.1) is 22.2 Å². The molecule has 0 unspecified atom stereocenters. The summed E-state index contributed by atoms with van der Waals surface area (Å²) in [5.74, 6) is -0.888. The molecule has 0 radical (unpaired) electrons. The van der Waals surface area contributed by atoms with Crippen LogP contribution in [0.15, 0.2) is 66.9 Å². The fourth-order valence-electron chi connectivity index (χ4n) is 3.93. The summed E-state index contributed by atoms with van der Waals surface area (Å²) in [7, 11) is 0. The lowest BCUT2D eigenvalue weighted by Gasteiger charge is -2.12. The Morgan fingerprint density at radius 2 is 1.53 bits per heavy atom. The maximum Gasteiger partial charge on any atom is 0.416 e. The predicted molar refractivity (Wildman–Crippen MR) is 109 cm³/mol. The van der Waals surface area contributed by atoms with Gasteiger partial charge in [-0.15, -0.1) is 0 Å². The molecule has 8 heteroatoms. The lowest BCUT2D eigenvalue weighted by molar-refractivity contribution is -0.346. The van der Waals surface area contributed by atoms with E-state index in [0.717, 1.165) is 12.1 Å². The molecular weight excluding hydrogens is 447 g/mol. The van der Waals surface area contributed by atoms with Crippen molar-refractivity contribution in [3.63, 3.8) is 0 Å². The zero-order chi connectivity index (χ0) is 21.8. The second-order valence-corrected chi connectivity index (χ2v) is 7.18. The van der Waals surface area contributed by atoms with Gasteiger partial charge in [0.25, 0.3) is 0 Å². The lowest BCUT2D eigenvalue weighted by Crippen LogP contribution is -3.00. The van der Waals surface area contributed by atoms with Crippen molar-refractivity contribution in [2.45, 2.75) is 6.18 Å². The van der Waals surface area contributed by atoms with Crippen LogP contribution in [0.2, 0.25) is 0 Å². The predicted octanol–water partition coefficient (Wildman–Crippen LogP) is 2.22. The molecule has 0 saturated carbocycles. The highest BCUT2D eigenvalue weighted by atomic mass is 35.5. The van der Waals surface area contributed by atoms with E-state index in [1.165, 1.54) is 24.3 Å². The number of halogens is 6. The Hall–Kier alpha value is -3.45. The molecule has 0 bridgehead atoms. The van der Waals surface area contributed by atoms with Gasteiger partial charge in [-0.25, -0.2) is 9.38 Å². The third-order valence-electron chi connectivity index (χ3n) is 5.37. The summed E-state index contributed by atoms with van der Waals surface area (Å²) in [5.41, 5.74) is 2.61. The third-order valence-corrected chi connectivity index (χ3v) is 5.37. The molecule has 1 aromatic heterocycles. The first-order valence-electron chi connectivity index (χ1n) is 9.41. The van der Waals surface area contributed by atoms with Crippen LogP contribution in [0, 0.1) is 11.6 Å². The van der Waals surface area contributed by atoms with Gasteiger partial charge >= 0.3 is 6.18 Å². The molecule has 0 amide bonds. The number of benzene rings is 3. The topological polar surface area (TPSA) is 29.8 Å². The standard InChI is InChI=1S/C24H13F5N2.ClH/c25-19-5-1-3-15-17(11-30-22(15)19)21(13-7-9-14(10-8-13)24(27,28)29)18-12-31-23-16(18)4-2-6-20(23)26;/h1-12,30H;1H. The first kappa shape index (κ1) is 21.8. The number of nitrogens with one attached hydrogen (secondary N) is 2. The van der Waals surface area contributed by atoms with Gasteiger partial charge in [0.15, 0.2) is 12.0 Å². The van der Waals surface area contributed by atoms with Crippen LogP contribution < -0.4 is 17.4 Å². The molecule has 0 aliphatic carbocycles. The first-order chi connectivity index (χ1) is 14.8. The van der Waals surface area contributed by atoms with Crippen molar-refractivity contribution >= 4 is 34.0 Å². The Bertz CT molecular complexity index is 1380. The summed E-state index contributed by atoms with van der Waals surface area (Å²) in [6.45, 7) is 0. The number of hydrogen-bond acceptors (Lipinski definition) is 0. The molecule has 0 saturated heterocycles. The van der Waals surface area contributed by atoms with Crippen molar-refractivity contribution in [3.8, 4) is 0 Å². The summed E-state index contributed by atoms with van der Waals surface area (Å²) in [6, 6.07) is 14.0. The molecular formula is C24H14ClF5N2. The lowest BCUT2D eigenvalue weighted by atomic mass is 9.89. The molecule has 162 valence electrons. The number of hydrogen-bond donors (Lipinski definition) is 2. The van der Waals surface area contributed by atoms with Gasteiger partial charge in [-0.1, -0.05) is 30.3 Å². The van der Waals surface area contributed by atoms with Crippen LogP contribution in [0.4, 0.5) is 27.6 Å². The summed E-state index contributed by atoms with van der Waals surface area (Å²) in [4.78, 5) is 5.81. The minimum Gasteiger partial charge on any atom is -1.00 e. The van der Waals surface area contributed by atoms with E-state index in [9.17, 15) is 22.0 Å². The van der Waals surface area contributed by atoms with E-state index in [4.69, 9.17) is 0 Å². The number of aromatic amines is 1. The van der Waals surface area contributed by atoms with E-state index in [-0.39, 0.29) is 23.6 Å². The smallest absolute Gasteiger partial charge is 0.416 e. The molecule has 1 aliphatic rings. The van der Waals surface area contributed by atoms with Crippen molar-refractivity contribution < 1.29 is 39.4 Å². The van der Waals surface area contributed by atoms with Crippen LogP contribution in [0.5, 0.6) is 0 Å². The van der Waals surface area contributed by atoms with Crippen molar-refractivity contribution in [1.82, 2.24) is 4.98 Å². The van der Waals surface area contributed by atoms with E-state index < -0.39 is 23.4 Å². The maximum atomic E-state index is 14.3. The average molecular weight is 461 g/mol. The van der Waals surface area contributed by atoms with Crippen molar-refractivity contribution in [2.24, 2.45) is 0 Å². The van der Waals surface area contributed by atoms with Crippen LogP contribution in [0.1, 0.15) is 22.3 Å². The van der Waals surface area contributed by atoms with Crippen LogP contribution in [0.3, 0.4) is 0 Å². The Balaban J connectivity index is 0.00000245. The Morgan fingerprint density at radius 1 is 0.844 bits per heavy atom. The summed E-state index contributed by atoms with van der Waals surface area (Å²) < 4.78 is 67.8. The second-order valence-electron chi connectivity index (χ2n) is 7.18. The van der Waals surface area contributed by atoms with E-state index in [2.05, 4.69) is 9.98 Å². The SMILES string of the molecule is Fc1cccc2c1[NH+]=CC2=C(c1ccc(C(F)(F)F)cc1)c1c[nH]c2c(F)cccc12.[Cl-]. The first-order valence-corrected chi connectivity index (χ1v) is 9.41. The normalized spacial score (nSPS) is 14.4. The molecule has 1 aliphatic heterocycles. The van der Waals surface area contributed by atoms with Crippen LogP contribution in [-0.2, 0) is 6.18 Å². The quantitative estimate of drug-likeness (QED) is 0.430.